The van der Waals surface area contributed by atoms with Crippen LogP contribution in [0.4, 0.5) is 0 Å². The minimum atomic E-state index is 0.0417. The Kier molecular flexibility index (Phi) is 3.13. The Morgan fingerprint density at radius 2 is 2.00 bits per heavy atom. The van der Waals surface area contributed by atoms with Crippen LogP contribution in [0.2, 0.25) is 0 Å². The molecule has 0 radical (unpaired) electrons. The minimum absolute atomic E-state index is 0.0417. The molecule has 2 heteroatoms. The maximum Gasteiger partial charge on any atom is 0.0963 e. The SMILES string of the molecule is CC.C[C@H]1COC2CCO[C@@]21C. The van der Waals surface area contributed by atoms with E-state index in [0.29, 0.717) is 12.0 Å². The molecule has 2 heterocycles. The van der Waals surface area contributed by atoms with Crippen LogP contribution in [-0.2, 0) is 9.47 Å². The lowest BCUT2D eigenvalue weighted by atomic mass is 9.89. The summed E-state index contributed by atoms with van der Waals surface area (Å²) < 4.78 is 11.2. The summed E-state index contributed by atoms with van der Waals surface area (Å²) in [5, 5.41) is 0. The Bertz CT molecular complexity index is 147. The highest BCUT2D eigenvalue weighted by Gasteiger charge is 2.49. The van der Waals surface area contributed by atoms with Gasteiger partial charge in [0.05, 0.1) is 24.9 Å². The zero-order valence-electron chi connectivity index (χ0n) is 8.59. The van der Waals surface area contributed by atoms with Crippen molar-refractivity contribution in [3.05, 3.63) is 0 Å². The van der Waals surface area contributed by atoms with E-state index >= 15 is 0 Å². The van der Waals surface area contributed by atoms with Crippen molar-refractivity contribution in [2.75, 3.05) is 13.2 Å². The van der Waals surface area contributed by atoms with Crippen molar-refractivity contribution in [3.8, 4) is 0 Å². The summed E-state index contributed by atoms with van der Waals surface area (Å²) in [6, 6.07) is 0. The second-order valence-electron chi connectivity index (χ2n) is 3.54. The van der Waals surface area contributed by atoms with E-state index in [4.69, 9.17) is 9.47 Å². The molecule has 2 saturated heterocycles. The minimum Gasteiger partial charge on any atom is -0.375 e. The molecule has 0 aromatic heterocycles. The molecule has 2 nitrogen and oxygen atoms in total. The van der Waals surface area contributed by atoms with Crippen LogP contribution >= 0.6 is 0 Å². The molecule has 12 heavy (non-hydrogen) atoms. The summed E-state index contributed by atoms with van der Waals surface area (Å²) in [5.74, 6) is 0.569. The summed E-state index contributed by atoms with van der Waals surface area (Å²) >= 11 is 0. The third kappa shape index (κ3) is 1.38. The monoisotopic (exact) mass is 172 g/mol. The standard InChI is InChI=1S/C8H14O2.C2H6/c1-6-5-9-7-3-4-10-8(6,7)2;1-2/h6-7H,3-5H2,1-2H3;1-2H3/t6-,7?,8+;/m0./s1. The molecule has 0 amide bonds. The van der Waals surface area contributed by atoms with E-state index < -0.39 is 0 Å². The number of hydrogen-bond donors (Lipinski definition) is 0. The fraction of sp³-hybridized carbons (Fsp3) is 1.00. The van der Waals surface area contributed by atoms with E-state index in [1.54, 1.807) is 0 Å². The van der Waals surface area contributed by atoms with Gasteiger partial charge in [0.2, 0.25) is 0 Å². The van der Waals surface area contributed by atoms with E-state index in [0.717, 1.165) is 19.6 Å². The number of fused-ring (bicyclic) bond motifs is 1. The average molecular weight is 172 g/mol. The highest BCUT2D eigenvalue weighted by Crippen LogP contribution is 2.40. The molecule has 2 fully saturated rings. The first-order valence-electron chi connectivity index (χ1n) is 4.99. The molecular weight excluding hydrogens is 152 g/mol. The van der Waals surface area contributed by atoms with Crippen LogP contribution in [0.5, 0.6) is 0 Å². The molecule has 3 atom stereocenters. The first-order chi connectivity index (χ1) is 5.73. The van der Waals surface area contributed by atoms with Crippen LogP contribution in [-0.4, -0.2) is 24.9 Å². The fourth-order valence-corrected chi connectivity index (χ4v) is 1.90. The van der Waals surface area contributed by atoms with E-state index in [1.165, 1.54) is 0 Å². The van der Waals surface area contributed by atoms with Crippen molar-refractivity contribution in [2.45, 2.75) is 45.8 Å². The lowest BCUT2D eigenvalue weighted by Gasteiger charge is -2.25. The van der Waals surface area contributed by atoms with Crippen LogP contribution in [0.15, 0.2) is 0 Å². The third-order valence-electron chi connectivity index (χ3n) is 2.96. The van der Waals surface area contributed by atoms with E-state index in [1.807, 2.05) is 13.8 Å². The van der Waals surface area contributed by atoms with Gasteiger partial charge in [0.1, 0.15) is 0 Å². The van der Waals surface area contributed by atoms with Crippen LogP contribution in [0.3, 0.4) is 0 Å². The summed E-state index contributed by atoms with van der Waals surface area (Å²) in [7, 11) is 0. The average Bonchev–Trinajstić information content (AvgIpc) is 2.57. The first-order valence-corrected chi connectivity index (χ1v) is 4.99. The molecule has 2 aliphatic rings. The zero-order valence-corrected chi connectivity index (χ0v) is 8.59. The molecular formula is C10H20O2. The van der Waals surface area contributed by atoms with Crippen molar-refractivity contribution in [3.63, 3.8) is 0 Å². The second kappa shape index (κ2) is 3.75. The third-order valence-corrected chi connectivity index (χ3v) is 2.96. The Balaban J connectivity index is 0.000000336. The molecule has 2 aliphatic heterocycles. The maximum absolute atomic E-state index is 5.65. The lowest BCUT2D eigenvalue weighted by Crippen LogP contribution is -2.36. The van der Waals surface area contributed by atoms with Crippen molar-refractivity contribution >= 4 is 0 Å². The number of ether oxygens (including phenoxy) is 2. The molecule has 0 aromatic carbocycles. The van der Waals surface area contributed by atoms with Crippen LogP contribution < -0.4 is 0 Å². The molecule has 0 saturated carbocycles. The number of hydrogen-bond acceptors (Lipinski definition) is 2. The molecule has 0 spiro atoms. The van der Waals surface area contributed by atoms with Gasteiger partial charge in [-0.15, -0.1) is 0 Å². The van der Waals surface area contributed by atoms with Gasteiger partial charge in [-0.05, 0) is 13.3 Å². The largest absolute Gasteiger partial charge is 0.375 e. The van der Waals surface area contributed by atoms with Gasteiger partial charge in [0.25, 0.3) is 0 Å². The van der Waals surface area contributed by atoms with E-state index in [-0.39, 0.29) is 5.60 Å². The normalized spacial score (nSPS) is 45.0. The summed E-state index contributed by atoms with van der Waals surface area (Å²) in [4.78, 5) is 0. The summed E-state index contributed by atoms with van der Waals surface area (Å²) in [6.45, 7) is 10.1. The van der Waals surface area contributed by atoms with Gasteiger partial charge in [-0.2, -0.15) is 0 Å². The Labute approximate surface area is 75.2 Å². The molecule has 0 bridgehead atoms. The van der Waals surface area contributed by atoms with Gasteiger partial charge in [-0.1, -0.05) is 20.8 Å². The van der Waals surface area contributed by atoms with E-state index in [9.17, 15) is 0 Å². The van der Waals surface area contributed by atoms with Crippen LogP contribution in [0.25, 0.3) is 0 Å². The predicted octanol–water partition coefficient (Wildman–Crippen LogP) is 2.23. The molecule has 2 rings (SSSR count). The fourth-order valence-electron chi connectivity index (χ4n) is 1.90. The molecule has 72 valence electrons. The summed E-state index contributed by atoms with van der Waals surface area (Å²) in [6.07, 6.45) is 1.46. The van der Waals surface area contributed by atoms with Crippen molar-refractivity contribution in [1.82, 2.24) is 0 Å². The predicted molar refractivity (Wildman–Crippen MR) is 49.2 cm³/mol. The molecule has 1 unspecified atom stereocenters. The first kappa shape index (κ1) is 10.0. The second-order valence-corrected chi connectivity index (χ2v) is 3.54. The van der Waals surface area contributed by atoms with Crippen molar-refractivity contribution in [2.24, 2.45) is 5.92 Å². The van der Waals surface area contributed by atoms with Gasteiger partial charge in [0, 0.05) is 5.92 Å². The lowest BCUT2D eigenvalue weighted by molar-refractivity contribution is -0.0240. The van der Waals surface area contributed by atoms with Crippen molar-refractivity contribution in [1.29, 1.82) is 0 Å². The Morgan fingerprint density at radius 3 is 2.58 bits per heavy atom. The smallest absolute Gasteiger partial charge is 0.0963 e. The maximum atomic E-state index is 5.65. The molecule has 0 N–H and O–H groups in total. The molecule has 0 aliphatic carbocycles. The highest BCUT2D eigenvalue weighted by molar-refractivity contribution is 4.98. The van der Waals surface area contributed by atoms with Crippen LogP contribution in [0, 0.1) is 5.92 Å². The quantitative estimate of drug-likeness (QED) is 0.558. The van der Waals surface area contributed by atoms with Crippen LogP contribution in [0.1, 0.15) is 34.1 Å². The Hall–Kier alpha value is -0.0800. The topological polar surface area (TPSA) is 18.5 Å². The van der Waals surface area contributed by atoms with Gasteiger partial charge in [0.15, 0.2) is 0 Å². The Morgan fingerprint density at radius 1 is 1.33 bits per heavy atom. The highest BCUT2D eigenvalue weighted by atomic mass is 16.6. The molecule has 0 aromatic rings. The van der Waals surface area contributed by atoms with E-state index in [2.05, 4.69) is 13.8 Å². The van der Waals surface area contributed by atoms with Gasteiger partial charge in [-0.25, -0.2) is 0 Å². The van der Waals surface area contributed by atoms with Gasteiger partial charge in [-0.3, -0.25) is 0 Å². The number of rotatable bonds is 0. The zero-order chi connectivity index (χ0) is 9.19. The summed E-state index contributed by atoms with van der Waals surface area (Å²) in [5.41, 5.74) is 0.0417. The van der Waals surface area contributed by atoms with Gasteiger partial charge >= 0.3 is 0 Å². The van der Waals surface area contributed by atoms with Crippen molar-refractivity contribution < 1.29 is 9.47 Å². The van der Waals surface area contributed by atoms with Gasteiger partial charge < -0.3 is 9.47 Å².